The Labute approximate surface area is 186 Å². The van der Waals surface area contributed by atoms with Crippen molar-refractivity contribution in [2.75, 3.05) is 46.8 Å². The van der Waals surface area contributed by atoms with Crippen molar-refractivity contribution in [2.24, 2.45) is 4.99 Å². The molecule has 0 saturated carbocycles. The highest BCUT2D eigenvalue weighted by Gasteiger charge is 2.25. The summed E-state index contributed by atoms with van der Waals surface area (Å²) in [6.45, 7) is 7.05. The predicted octanol–water partition coefficient (Wildman–Crippen LogP) is 2.93. The van der Waals surface area contributed by atoms with Crippen LogP contribution < -0.4 is 10.6 Å². The average molecular weight is 422 g/mol. The van der Waals surface area contributed by atoms with Crippen molar-refractivity contribution < 1.29 is 4.79 Å². The lowest BCUT2D eigenvalue weighted by Gasteiger charge is -2.40. The minimum absolute atomic E-state index is 0.0515. The van der Waals surface area contributed by atoms with Gasteiger partial charge in [-0.3, -0.25) is 14.7 Å². The number of benzene rings is 2. The Bertz CT molecular complexity index is 859. The second-order valence-corrected chi connectivity index (χ2v) is 7.86. The molecule has 1 aliphatic heterocycles. The molecule has 1 saturated heterocycles. The van der Waals surface area contributed by atoms with Crippen molar-refractivity contribution in [2.45, 2.75) is 25.8 Å². The molecule has 3 rings (SSSR count). The van der Waals surface area contributed by atoms with Gasteiger partial charge in [-0.05, 0) is 36.1 Å². The molecular weight excluding hydrogens is 386 g/mol. The van der Waals surface area contributed by atoms with E-state index in [-0.39, 0.29) is 5.91 Å². The lowest BCUT2D eigenvalue weighted by Crippen LogP contribution is -2.53. The van der Waals surface area contributed by atoms with Gasteiger partial charge in [0.25, 0.3) is 5.91 Å². The van der Waals surface area contributed by atoms with E-state index in [9.17, 15) is 4.79 Å². The second kappa shape index (κ2) is 11.5. The van der Waals surface area contributed by atoms with E-state index in [0.717, 1.165) is 57.1 Å². The molecule has 6 nitrogen and oxygen atoms in total. The summed E-state index contributed by atoms with van der Waals surface area (Å²) in [5, 5.41) is 6.17. The first-order valence-corrected chi connectivity index (χ1v) is 11.2. The number of hydrogen-bond acceptors (Lipinski definition) is 3. The lowest BCUT2D eigenvalue weighted by atomic mass is 10.0. The molecule has 0 aromatic heterocycles. The Morgan fingerprint density at radius 1 is 1.06 bits per heavy atom. The number of carbonyl (C=O) groups excluding carboxylic acids is 1. The summed E-state index contributed by atoms with van der Waals surface area (Å²) in [5.41, 5.74) is 3.24. The maximum absolute atomic E-state index is 11.8. The quantitative estimate of drug-likeness (QED) is 0.533. The van der Waals surface area contributed by atoms with Crippen LogP contribution in [0.5, 0.6) is 0 Å². The zero-order chi connectivity index (χ0) is 22.1. The molecule has 166 valence electrons. The maximum atomic E-state index is 11.8. The molecule has 1 aliphatic rings. The van der Waals surface area contributed by atoms with Crippen molar-refractivity contribution in [3.05, 3.63) is 71.3 Å². The molecule has 2 N–H and O–H groups in total. The third-order valence-electron chi connectivity index (χ3n) is 5.95. The van der Waals surface area contributed by atoms with Gasteiger partial charge < -0.3 is 15.5 Å². The summed E-state index contributed by atoms with van der Waals surface area (Å²) in [7, 11) is 3.50. The molecule has 0 bridgehead atoms. The van der Waals surface area contributed by atoms with Gasteiger partial charge in [-0.25, -0.2) is 0 Å². The molecule has 2 aromatic rings. The molecule has 31 heavy (non-hydrogen) atoms. The fourth-order valence-electron chi connectivity index (χ4n) is 4.29. The minimum atomic E-state index is -0.0515. The van der Waals surface area contributed by atoms with Gasteiger partial charge in [0, 0.05) is 58.4 Å². The number of hydrogen-bond donors (Lipinski definition) is 2. The fraction of sp³-hybridized carbons (Fsp3) is 0.440. The number of aliphatic imine (C=N–C) groups is 1. The van der Waals surface area contributed by atoms with Gasteiger partial charge in [-0.1, -0.05) is 49.4 Å². The third-order valence-corrected chi connectivity index (χ3v) is 5.95. The molecule has 6 heteroatoms. The number of guanidine groups is 1. The first kappa shape index (κ1) is 22.8. The Morgan fingerprint density at radius 2 is 1.81 bits per heavy atom. The van der Waals surface area contributed by atoms with Crippen LogP contribution >= 0.6 is 0 Å². The topological polar surface area (TPSA) is 60.0 Å². The molecule has 0 radical (unpaired) electrons. The van der Waals surface area contributed by atoms with Gasteiger partial charge in [-0.15, -0.1) is 0 Å². The zero-order valence-corrected chi connectivity index (χ0v) is 19.0. The van der Waals surface area contributed by atoms with E-state index < -0.39 is 0 Å². The number of carbonyl (C=O) groups is 1. The monoisotopic (exact) mass is 421 g/mol. The number of rotatable bonds is 7. The van der Waals surface area contributed by atoms with Crippen LogP contribution in [0.4, 0.5) is 0 Å². The largest absolute Gasteiger partial charge is 0.356 e. The van der Waals surface area contributed by atoms with Crippen LogP contribution in [0.2, 0.25) is 0 Å². The normalized spacial score (nSPS) is 16.1. The van der Waals surface area contributed by atoms with Crippen molar-refractivity contribution in [1.29, 1.82) is 0 Å². The average Bonchev–Trinajstić information content (AvgIpc) is 2.83. The summed E-state index contributed by atoms with van der Waals surface area (Å²) in [5.74, 6) is 0.902. The van der Waals surface area contributed by atoms with Gasteiger partial charge in [0.2, 0.25) is 0 Å². The highest BCUT2D eigenvalue weighted by atomic mass is 16.1. The SMILES string of the molecule is CCC(c1ccccc1)N1CCN(C(=NC)NCCc2cccc(C(=O)NC)c2)CC1. The van der Waals surface area contributed by atoms with Crippen LogP contribution in [0.1, 0.15) is 40.9 Å². The predicted molar refractivity (Wildman–Crippen MR) is 128 cm³/mol. The minimum Gasteiger partial charge on any atom is -0.356 e. The number of piperazine rings is 1. The Hall–Kier alpha value is -2.86. The van der Waals surface area contributed by atoms with Crippen molar-refractivity contribution in [1.82, 2.24) is 20.4 Å². The number of nitrogens with one attached hydrogen (secondary N) is 2. The smallest absolute Gasteiger partial charge is 0.251 e. The van der Waals surface area contributed by atoms with Gasteiger partial charge in [-0.2, -0.15) is 0 Å². The molecule has 1 atom stereocenters. The molecule has 1 amide bonds. The van der Waals surface area contributed by atoms with Crippen LogP contribution in [0, 0.1) is 0 Å². The highest BCUT2D eigenvalue weighted by molar-refractivity contribution is 5.94. The lowest BCUT2D eigenvalue weighted by molar-refractivity contribution is 0.0963. The van der Waals surface area contributed by atoms with Gasteiger partial charge in [0.05, 0.1) is 0 Å². The number of amides is 1. The van der Waals surface area contributed by atoms with Crippen molar-refractivity contribution in [3.8, 4) is 0 Å². The Kier molecular flexibility index (Phi) is 8.47. The van der Waals surface area contributed by atoms with Crippen LogP contribution in [-0.4, -0.2) is 68.5 Å². The standard InChI is InChI=1S/C25H35N5O/c1-4-23(21-10-6-5-7-11-21)29-15-17-30(18-16-29)25(27-3)28-14-13-20-9-8-12-22(19-20)24(31)26-2/h5-12,19,23H,4,13-18H2,1-3H3,(H,26,31)(H,27,28). The summed E-state index contributed by atoms with van der Waals surface area (Å²) in [6.07, 6.45) is 1.96. The highest BCUT2D eigenvalue weighted by Crippen LogP contribution is 2.25. The van der Waals surface area contributed by atoms with Gasteiger partial charge in [0.15, 0.2) is 5.96 Å². The fourth-order valence-corrected chi connectivity index (χ4v) is 4.29. The van der Waals surface area contributed by atoms with Crippen LogP contribution in [0.3, 0.4) is 0 Å². The van der Waals surface area contributed by atoms with Gasteiger partial charge >= 0.3 is 0 Å². The van der Waals surface area contributed by atoms with E-state index in [1.54, 1.807) is 7.05 Å². The van der Waals surface area contributed by atoms with E-state index in [4.69, 9.17) is 0 Å². The zero-order valence-electron chi connectivity index (χ0n) is 19.0. The summed E-state index contributed by atoms with van der Waals surface area (Å²) < 4.78 is 0. The summed E-state index contributed by atoms with van der Waals surface area (Å²) >= 11 is 0. The Balaban J connectivity index is 1.50. The molecule has 1 fully saturated rings. The van der Waals surface area contributed by atoms with Crippen molar-refractivity contribution in [3.63, 3.8) is 0 Å². The van der Waals surface area contributed by atoms with E-state index in [2.05, 4.69) is 68.7 Å². The molecule has 0 spiro atoms. The molecule has 2 aromatic carbocycles. The van der Waals surface area contributed by atoms with E-state index in [1.807, 2.05) is 25.2 Å². The van der Waals surface area contributed by atoms with Gasteiger partial charge in [0.1, 0.15) is 0 Å². The molecule has 1 unspecified atom stereocenters. The van der Waals surface area contributed by atoms with E-state index >= 15 is 0 Å². The first-order valence-electron chi connectivity index (χ1n) is 11.2. The summed E-state index contributed by atoms with van der Waals surface area (Å²) in [6, 6.07) is 19.1. The first-order chi connectivity index (χ1) is 15.2. The molecule has 0 aliphatic carbocycles. The van der Waals surface area contributed by atoms with Crippen molar-refractivity contribution >= 4 is 11.9 Å². The maximum Gasteiger partial charge on any atom is 0.251 e. The van der Waals surface area contributed by atoms with Crippen LogP contribution in [0.25, 0.3) is 0 Å². The van der Waals surface area contributed by atoms with E-state index in [0.29, 0.717) is 11.6 Å². The Morgan fingerprint density at radius 3 is 2.45 bits per heavy atom. The third kappa shape index (κ3) is 6.07. The van der Waals surface area contributed by atoms with Crippen LogP contribution in [-0.2, 0) is 6.42 Å². The number of nitrogens with zero attached hydrogens (tertiary/aromatic N) is 3. The van der Waals surface area contributed by atoms with E-state index in [1.165, 1.54) is 5.56 Å². The van der Waals surface area contributed by atoms with Crippen LogP contribution in [0.15, 0.2) is 59.6 Å². The molecule has 1 heterocycles. The molecular formula is C25H35N5O. The summed E-state index contributed by atoms with van der Waals surface area (Å²) in [4.78, 5) is 21.3. The second-order valence-electron chi connectivity index (χ2n) is 7.86.